The van der Waals surface area contributed by atoms with Crippen molar-refractivity contribution < 1.29 is 50.6 Å². The lowest BCUT2D eigenvalue weighted by Crippen LogP contribution is -2.52. The summed E-state index contributed by atoms with van der Waals surface area (Å²) in [6, 6.07) is 6.08. The highest BCUT2D eigenvalue weighted by Crippen LogP contribution is 2.32. The maximum atomic E-state index is 13.9. The summed E-state index contributed by atoms with van der Waals surface area (Å²) < 4.78 is 74.5. The first-order valence-electron chi connectivity index (χ1n) is 17.2. The van der Waals surface area contributed by atoms with E-state index in [1.165, 1.54) is 36.8 Å². The summed E-state index contributed by atoms with van der Waals surface area (Å²) in [5, 5.41) is 16.9. The number of alkyl halides is 6. The molecule has 1 aromatic carbocycles. The van der Waals surface area contributed by atoms with E-state index < -0.39 is 29.9 Å². The minimum absolute atomic E-state index is 0.0170. The Morgan fingerprint density at radius 3 is 2.23 bits per heavy atom. The monoisotopic (exact) mass is 827 g/mol. The van der Waals surface area contributed by atoms with Gasteiger partial charge in [0, 0.05) is 88.1 Å². The number of aromatic amines is 1. The van der Waals surface area contributed by atoms with Crippen molar-refractivity contribution in [1.82, 2.24) is 44.8 Å². The normalized spacial score (nSPS) is 15.1. The van der Waals surface area contributed by atoms with Crippen molar-refractivity contribution in [3.05, 3.63) is 76.2 Å². The lowest BCUT2D eigenvalue weighted by Gasteiger charge is -2.37. The number of hydrogen-bond acceptors (Lipinski definition) is 10. The standard InChI is InChI=1S/C32H35ClF3N11O3.C2HF3O2/c1-44(2)25-7-10-38-31(42-25)47-18-20(26(43-47)32(34,35)36)15-22-17-39-27(40-22)28(48)41-21-3-4-23(24(33)16-21)30(50)46-13-11-45(12-14-46)29(49)19-5-8-37-9-6-19;3-2(4,5)1(6)7/h3-4,7,10,16-19,37H,5-6,8-9,11-15H2,1-2H3,(H,39,40)(H,41,48);(H,6,7). The topological polar surface area (TPSA) is 195 Å². The number of H-pyrrole nitrogens is 1. The Labute approximate surface area is 325 Å². The zero-order chi connectivity index (χ0) is 41.7. The summed E-state index contributed by atoms with van der Waals surface area (Å²) in [6.45, 7) is 3.32. The molecule has 0 atom stereocenters. The van der Waals surface area contributed by atoms with Gasteiger partial charge in [-0.2, -0.15) is 36.4 Å². The zero-order valence-corrected chi connectivity index (χ0v) is 31.0. The van der Waals surface area contributed by atoms with Gasteiger partial charge in [-0.1, -0.05) is 11.6 Å². The molecule has 0 spiro atoms. The van der Waals surface area contributed by atoms with Gasteiger partial charge < -0.3 is 35.4 Å². The van der Waals surface area contributed by atoms with E-state index in [4.69, 9.17) is 21.5 Å². The average Bonchev–Trinajstić information content (AvgIpc) is 3.83. The van der Waals surface area contributed by atoms with Crippen molar-refractivity contribution in [3.8, 4) is 5.95 Å². The number of aliphatic carboxylic acids is 1. The molecule has 23 heteroatoms. The Morgan fingerprint density at radius 2 is 1.63 bits per heavy atom. The Hall–Kier alpha value is -5.77. The molecule has 57 heavy (non-hydrogen) atoms. The molecular weight excluding hydrogens is 792 g/mol. The predicted molar refractivity (Wildman–Crippen MR) is 191 cm³/mol. The molecule has 2 aliphatic rings. The number of nitrogens with one attached hydrogen (secondary N) is 3. The lowest BCUT2D eigenvalue weighted by molar-refractivity contribution is -0.192. The quantitative estimate of drug-likeness (QED) is 0.188. The molecule has 3 amide bonds. The van der Waals surface area contributed by atoms with Gasteiger partial charge in [-0.3, -0.25) is 14.4 Å². The molecule has 2 fully saturated rings. The smallest absolute Gasteiger partial charge is 0.475 e. The predicted octanol–water partition coefficient (Wildman–Crippen LogP) is 3.88. The van der Waals surface area contributed by atoms with E-state index in [1.54, 1.807) is 30.0 Å². The molecule has 2 saturated heterocycles. The second-order valence-corrected chi connectivity index (χ2v) is 13.5. The fourth-order valence-electron chi connectivity index (χ4n) is 5.93. The number of carbonyl (C=O) groups is 4. The highest BCUT2D eigenvalue weighted by molar-refractivity contribution is 6.34. The molecule has 306 valence electrons. The third-order valence-corrected chi connectivity index (χ3v) is 9.15. The number of rotatable bonds is 8. The second kappa shape index (κ2) is 17.6. The van der Waals surface area contributed by atoms with E-state index in [2.05, 4.69) is 35.7 Å². The minimum atomic E-state index is -5.08. The number of halogens is 7. The molecule has 0 saturated carbocycles. The van der Waals surface area contributed by atoms with Crippen LogP contribution in [0.1, 0.15) is 50.8 Å². The third kappa shape index (κ3) is 10.8. The fourth-order valence-corrected chi connectivity index (χ4v) is 6.19. The molecule has 4 aromatic rings. The number of carbonyl (C=O) groups excluding carboxylic acids is 3. The minimum Gasteiger partial charge on any atom is -0.475 e. The van der Waals surface area contributed by atoms with Gasteiger partial charge in [-0.15, -0.1) is 0 Å². The van der Waals surface area contributed by atoms with Gasteiger partial charge in [-0.05, 0) is 50.2 Å². The van der Waals surface area contributed by atoms with Crippen LogP contribution in [0.2, 0.25) is 5.02 Å². The molecule has 0 bridgehead atoms. The van der Waals surface area contributed by atoms with Crippen LogP contribution in [0.4, 0.5) is 37.8 Å². The number of amides is 3. The molecule has 2 aliphatic heterocycles. The number of benzene rings is 1. The lowest BCUT2D eigenvalue weighted by atomic mass is 9.96. The number of anilines is 2. The number of carboxylic acid groups (broad SMARTS) is 1. The van der Waals surface area contributed by atoms with Crippen molar-refractivity contribution in [3.63, 3.8) is 0 Å². The Morgan fingerprint density at radius 1 is 0.982 bits per heavy atom. The number of carboxylic acids is 1. The van der Waals surface area contributed by atoms with Crippen molar-refractivity contribution in [2.24, 2.45) is 5.92 Å². The van der Waals surface area contributed by atoms with Crippen LogP contribution in [0.3, 0.4) is 0 Å². The highest BCUT2D eigenvalue weighted by atomic mass is 35.5. The molecule has 4 N–H and O–H groups in total. The largest absolute Gasteiger partial charge is 0.490 e. The number of nitrogens with zero attached hydrogens (tertiary/aromatic N) is 8. The molecular formula is C34H36ClF6N11O5. The van der Waals surface area contributed by atoms with E-state index in [1.807, 2.05) is 4.90 Å². The fraction of sp³-hybridized carbons (Fsp3) is 0.412. The van der Waals surface area contributed by atoms with Crippen LogP contribution < -0.4 is 15.5 Å². The Balaban J connectivity index is 0.000000811. The summed E-state index contributed by atoms with van der Waals surface area (Å²) in [5.41, 5.74) is -0.516. The summed E-state index contributed by atoms with van der Waals surface area (Å²) in [6.07, 6.45) is -4.58. The summed E-state index contributed by atoms with van der Waals surface area (Å²) in [5.74, 6) is -3.24. The second-order valence-electron chi connectivity index (χ2n) is 13.1. The van der Waals surface area contributed by atoms with Crippen LogP contribution in [0, 0.1) is 5.92 Å². The van der Waals surface area contributed by atoms with Gasteiger partial charge in [0.1, 0.15) is 5.82 Å². The van der Waals surface area contributed by atoms with E-state index in [-0.39, 0.29) is 63.5 Å². The van der Waals surface area contributed by atoms with Gasteiger partial charge in [0.2, 0.25) is 5.91 Å². The highest BCUT2D eigenvalue weighted by Gasteiger charge is 2.39. The van der Waals surface area contributed by atoms with Crippen molar-refractivity contribution in [2.75, 3.05) is 63.6 Å². The SMILES string of the molecule is CN(C)c1ccnc(-n2cc(Cc3cnc(C(=O)Nc4ccc(C(=O)N5CCN(C(=O)C6CCNCC6)CC5)c(Cl)c4)[nH]3)c(C(F)(F)F)n2)n1.O=C(O)C(F)(F)F. The molecule has 5 heterocycles. The summed E-state index contributed by atoms with van der Waals surface area (Å²) in [7, 11) is 3.48. The van der Waals surface area contributed by atoms with Gasteiger partial charge in [-0.25, -0.2) is 19.4 Å². The first kappa shape index (κ1) is 42.4. The van der Waals surface area contributed by atoms with Crippen LogP contribution in [-0.2, 0) is 22.2 Å². The summed E-state index contributed by atoms with van der Waals surface area (Å²) in [4.78, 5) is 68.3. The van der Waals surface area contributed by atoms with E-state index in [0.717, 1.165) is 30.6 Å². The molecule has 16 nitrogen and oxygen atoms in total. The van der Waals surface area contributed by atoms with Crippen LogP contribution in [-0.4, -0.2) is 128 Å². The van der Waals surface area contributed by atoms with Gasteiger partial charge in [0.25, 0.3) is 17.8 Å². The number of piperazine rings is 1. The van der Waals surface area contributed by atoms with Crippen molar-refractivity contribution in [1.29, 1.82) is 0 Å². The maximum absolute atomic E-state index is 13.9. The number of piperidine rings is 1. The van der Waals surface area contributed by atoms with Crippen LogP contribution >= 0.6 is 11.6 Å². The van der Waals surface area contributed by atoms with E-state index >= 15 is 0 Å². The molecule has 6 rings (SSSR count). The zero-order valence-electron chi connectivity index (χ0n) is 30.3. The number of imidazole rings is 1. The molecule has 0 aliphatic carbocycles. The van der Waals surface area contributed by atoms with Gasteiger partial charge in [0.15, 0.2) is 11.5 Å². The first-order chi connectivity index (χ1) is 26.8. The molecule has 0 unspecified atom stereocenters. The van der Waals surface area contributed by atoms with Crippen LogP contribution in [0.15, 0.2) is 42.9 Å². The van der Waals surface area contributed by atoms with Crippen LogP contribution in [0.25, 0.3) is 5.95 Å². The Kier molecular flexibility index (Phi) is 13.1. The first-order valence-corrected chi connectivity index (χ1v) is 17.6. The number of aromatic nitrogens is 6. The number of hydrogen-bond donors (Lipinski definition) is 4. The van der Waals surface area contributed by atoms with Gasteiger partial charge >= 0.3 is 18.3 Å². The molecule has 0 radical (unpaired) electrons. The maximum Gasteiger partial charge on any atom is 0.490 e. The average molecular weight is 828 g/mol. The summed E-state index contributed by atoms with van der Waals surface area (Å²) >= 11 is 6.47. The third-order valence-electron chi connectivity index (χ3n) is 8.84. The van der Waals surface area contributed by atoms with E-state index in [9.17, 15) is 40.7 Å². The van der Waals surface area contributed by atoms with Crippen molar-refractivity contribution >= 4 is 46.8 Å². The van der Waals surface area contributed by atoms with Gasteiger partial charge in [0.05, 0.1) is 10.6 Å². The van der Waals surface area contributed by atoms with Crippen molar-refractivity contribution in [2.45, 2.75) is 31.6 Å². The Bertz CT molecular complexity index is 2090. The van der Waals surface area contributed by atoms with Crippen LogP contribution in [0.5, 0.6) is 0 Å². The molecule has 3 aromatic heterocycles. The van der Waals surface area contributed by atoms with E-state index in [0.29, 0.717) is 32.0 Å².